The molecule has 0 bridgehead atoms. The standard InChI is InChI=1S/C24H18ClN3O3/c25-19-9-4-10-20-18(19)13-22(23(29)26-20)31-24(30)21-12-16(27-28-21)11-15-7-3-6-14-5-1-2-8-17(14)15/h1-10,12-13,23,26,29H,11H2,(H,27,28). The van der Waals surface area contributed by atoms with Gasteiger partial charge in [-0.05, 0) is 40.6 Å². The van der Waals surface area contributed by atoms with Gasteiger partial charge in [0.25, 0.3) is 0 Å². The van der Waals surface area contributed by atoms with E-state index in [1.54, 1.807) is 30.3 Å². The van der Waals surface area contributed by atoms with Gasteiger partial charge in [-0.3, -0.25) is 5.10 Å². The lowest BCUT2D eigenvalue weighted by atomic mass is 10.0. The van der Waals surface area contributed by atoms with Crippen molar-refractivity contribution in [3.05, 3.63) is 100 Å². The molecule has 4 aromatic rings. The van der Waals surface area contributed by atoms with Gasteiger partial charge in [-0.1, -0.05) is 60.1 Å². The minimum absolute atomic E-state index is 0.0656. The summed E-state index contributed by atoms with van der Waals surface area (Å²) in [6.07, 6.45) is 0.971. The van der Waals surface area contributed by atoms with Crippen LogP contribution in [-0.2, 0) is 11.2 Å². The van der Waals surface area contributed by atoms with Crippen LogP contribution in [0.5, 0.6) is 0 Å². The number of halogens is 1. The number of nitrogens with zero attached hydrogens (tertiary/aromatic N) is 1. The number of carbonyl (C=O) groups excluding carboxylic acids is 1. The Hall–Kier alpha value is -3.61. The molecule has 1 aliphatic heterocycles. The molecule has 6 nitrogen and oxygen atoms in total. The van der Waals surface area contributed by atoms with Crippen molar-refractivity contribution in [3.8, 4) is 0 Å². The Bertz CT molecular complexity index is 1320. The summed E-state index contributed by atoms with van der Waals surface area (Å²) >= 11 is 6.21. The number of esters is 1. The molecule has 0 radical (unpaired) electrons. The highest BCUT2D eigenvalue weighted by Crippen LogP contribution is 2.32. The Morgan fingerprint density at radius 3 is 2.81 bits per heavy atom. The summed E-state index contributed by atoms with van der Waals surface area (Å²) in [6, 6.07) is 21.2. The zero-order chi connectivity index (χ0) is 21.4. The number of nitrogens with one attached hydrogen (secondary N) is 2. The van der Waals surface area contributed by atoms with Crippen LogP contribution in [0.4, 0.5) is 5.69 Å². The van der Waals surface area contributed by atoms with E-state index in [-0.39, 0.29) is 11.5 Å². The summed E-state index contributed by atoms with van der Waals surface area (Å²) in [5.41, 5.74) is 3.35. The lowest BCUT2D eigenvalue weighted by Gasteiger charge is -2.23. The molecule has 0 saturated carbocycles. The van der Waals surface area contributed by atoms with Gasteiger partial charge in [0.2, 0.25) is 0 Å². The molecule has 1 aromatic heterocycles. The predicted octanol–water partition coefficient (Wildman–Crippen LogP) is 4.75. The van der Waals surface area contributed by atoms with Gasteiger partial charge < -0.3 is 15.2 Å². The van der Waals surface area contributed by atoms with Gasteiger partial charge in [0.05, 0.1) is 5.69 Å². The smallest absolute Gasteiger partial charge is 0.361 e. The van der Waals surface area contributed by atoms with Crippen LogP contribution in [-0.4, -0.2) is 27.5 Å². The van der Waals surface area contributed by atoms with E-state index in [9.17, 15) is 9.90 Å². The van der Waals surface area contributed by atoms with Gasteiger partial charge in [-0.2, -0.15) is 5.10 Å². The van der Waals surface area contributed by atoms with E-state index in [4.69, 9.17) is 16.3 Å². The van der Waals surface area contributed by atoms with Crippen LogP contribution in [0, 0.1) is 0 Å². The minimum atomic E-state index is -1.16. The Morgan fingerprint density at radius 1 is 1.10 bits per heavy atom. The van der Waals surface area contributed by atoms with Gasteiger partial charge >= 0.3 is 5.97 Å². The number of aromatic nitrogens is 2. The zero-order valence-corrected chi connectivity index (χ0v) is 17.1. The molecule has 0 fully saturated rings. The first-order valence-electron chi connectivity index (χ1n) is 9.76. The van der Waals surface area contributed by atoms with Crippen LogP contribution in [0.3, 0.4) is 0 Å². The molecule has 3 aromatic carbocycles. The first kappa shape index (κ1) is 19.4. The van der Waals surface area contributed by atoms with Crippen LogP contribution in [0.15, 0.2) is 72.5 Å². The highest BCUT2D eigenvalue weighted by atomic mass is 35.5. The number of benzene rings is 3. The molecule has 0 saturated heterocycles. The molecular weight excluding hydrogens is 414 g/mol. The third kappa shape index (κ3) is 3.79. The summed E-state index contributed by atoms with van der Waals surface area (Å²) in [5, 5.41) is 22.9. The molecule has 7 heteroatoms. The molecule has 154 valence electrons. The second kappa shape index (κ2) is 7.91. The number of rotatable bonds is 4. The molecule has 0 aliphatic carbocycles. The van der Waals surface area contributed by atoms with Crippen LogP contribution < -0.4 is 5.32 Å². The van der Waals surface area contributed by atoms with Crippen molar-refractivity contribution < 1.29 is 14.6 Å². The topological polar surface area (TPSA) is 87.2 Å². The number of hydrogen-bond donors (Lipinski definition) is 3. The molecule has 5 rings (SSSR count). The molecule has 3 N–H and O–H groups in total. The van der Waals surface area contributed by atoms with E-state index in [0.717, 1.165) is 16.3 Å². The predicted molar refractivity (Wildman–Crippen MR) is 120 cm³/mol. The molecule has 0 amide bonds. The van der Waals surface area contributed by atoms with Crippen molar-refractivity contribution in [2.75, 3.05) is 5.32 Å². The second-order valence-electron chi connectivity index (χ2n) is 7.27. The number of fused-ring (bicyclic) bond motifs is 2. The number of hydrogen-bond acceptors (Lipinski definition) is 5. The monoisotopic (exact) mass is 431 g/mol. The lowest BCUT2D eigenvalue weighted by molar-refractivity contribution is 0.0526. The molecule has 0 spiro atoms. The van der Waals surface area contributed by atoms with E-state index in [0.29, 0.717) is 28.4 Å². The number of carbonyl (C=O) groups is 1. The lowest BCUT2D eigenvalue weighted by Crippen LogP contribution is -2.27. The fourth-order valence-electron chi connectivity index (χ4n) is 3.70. The Balaban J connectivity index is 1.35. The summed E-state index contributed by atoms with van der Waals surface area (Å²) in [7, 11) is 0. The van der Waals surface area contributed by atoms with Crippen molar-refractivity contribution in [3.63, 3.8) is 0 Å². The first-order chi connectivity index (χ1) is 15.1. The minimum Gasteiger partial charge on any atom is -0.421 e. The zero-order valence-electron chi connectivity index (χ0n) is 16.3. The quantitative estimate of drug-likeness (QED) is 0.406. The van der Waals surface area contributed by atoms with E-state index in [1.165, 1.54) is 0 Å². The Kier molecular flexibility index (Phi) is 4.94. The number of aliphatic hydroxyl groups excluding tert-OH is 1. The summed E-state index contributed by atoms with van der Waals surface area (Å²) in [4.78, 5) is 12.6. The van der Waals surface area contributed by atoms with Crippen LogP contribution >= 0.6 is 11.6 Å². The van der Waals surface area contributed by atoms with Crippen LogP contribution in [0.2, 0.25) is 5.02 Å². The SMILES string of the molecule is O=C(OC1=Cc2c(Cl)cccc2NC1O)c1cc(Cc2cccc3ccccc23)n[nH]1. The van der Waals surface area contributed by atoms with Gasteiger partial charge in [-0.25, -0.2) is 4.79 Å². The van der Waals surface area contributed by atoms with Crippen molar-refractivity contribution in [2.24, 2.45) is 0 Å². The van der Waals surface area contributed by atoms with Crippen molar-refractivity contribution in [2.45, 2.75) is 12.6 Å². The highest BCUT2D eigenvalue weighted by Gasteiger charge is 2.24. The van der Waals surface area contributed by atoms with E-state index >= 15 is 0 Å². The van der Waals surface area contributed by atoms with Crippen molar-refractivity contribution >= 4 is 40.1 Å². The molecule has 1 atom stereocenters. The van der Waals surface area contributed by atoms with Gasteiger partial charge in [0.15, 0.2) is 12.0 Å². The normalized spacial score (nSPS) is 15.2. The van der Waals surface area contributed by atoms with Crippen molar-refractivity contribution in [1.29, 1.82) is 0 Å². The molecule has 2 heterocycles. The average Bonchev–Trinajstić information content (AvgIpc) is 3.24. The van der Waals surface area contributed by atoms with Crippen molar-refractivity contribution in [1.82, 2.24) is 10.2 Å². The third-order valence-electron chi connectivity index (χ3n) is 5.21. The fourth-order valence-corrected chi connectivity index (χ4v) is 3.93. The maximum atomic E-state index is 12.6. The Morgan fingerprint density at radius 2 is 1.90 bits per heavy atom. The highest BCUT2D eigenvalue weighted by molar-refractivity contribution is 6.32. The van der Waals surface area contributed by atoms with E-state index in [2.05, 4.69) is 33.7 Å². The second-order valence-corrected chi connectivity index (χ2v) is 7.68. The molecule has 1 aliphatic rings. The summed E-state index contributed by atoms with van der Waals surface area (Å²) < 4.78 is 5.42. The van der Waals surface area contributed by atoms with E-state index in [1.807, 2.05) is 24.3 Å². The molecular formula is C24H18ClN3O3. The first-order valence-corrected chi connectivity index (χ1v) is 10.1. The maximum absolute atomic E-state index is 12.6. The number of anilines is 1. The van der Waals surface area contributed by atoms with Crippen LogP contribution in [0.1, 0.15) is 27.3 Å². The third-order valence-corrected chi connectivity index (χ3v) is 5.54. The van der Waals surface area contributed by atoms with Gasteiger partial charge in [0.1, 0.15) is 5.69 Å². The number of ether oxygens (including phenoxy) is 1. The van der Waals surface area contributed by atoms with E-state index < -0.39 is 12.2 Å². The molecule has 1 unspecified atom stereocenters. The summed E-state index contributed by atoms with van der Waals surface area (Å²) in [6.45, 7) is 0. The number of aliphatic hydroxyl groups is 1. The fraction of sp³-hybridized carbons (Fsp3) is 0.0833. The van der Waals surface area contributed by atoms with Gasteiger partial charge in [0, 0.05) is 22.7 Å². The Labute approximate surface area is 183 Å². The largest absolute Gasteiger partial charge is 0.421 e. The summed E-state index contributed by atoms with van der Waals surface area (Å²) in [5.74, 6) is -0.574. The van der Waals surface area contributed by atoms with Crippen LogP contribution in [0.25, 0.3) is 16.8 Å². The number of aromatic amines is 1. The van der Waals surface area contributed by atoms with Gasteiger partial charge in [-0.15, -0.1) is 0 Å². The molecule has 31 heavy (non-hydrogen) atoms. The number of H-pyrrole nitrogens is 1. The maximum Gasteiger partial charge on any atom is 0.361 e. The average molecular weight is 432 g/mol.